The first-order valence-corrected chi connectivity index (χ1v) is 7.24. The Morgan fingerprint density at radius 2 is 1.95 bits per heavy atom. The minimum atomic E-state index is 0.430. The van der Waals surface area contributed by atoms with Crippen LogP contribution in [0.15, 0.2) is 40.2 Å². The molecule has 0 amide bonds. The summed E-state index contributed by atoms with van der Waals surface area (Å²) >= 11 is 1.50. The molecule has 0 radical (unpaired) electrons. The molecule has 6 heteroatoms. The number of hydrogen-bond acceptors (Lipinski definition) is 6. The van der Waals surface area contributed by atoms with E-state index in [4.69, 9.17) is 10.3 Å². The van der Waals surface area contributed by atoms with Gasteiger partial charge >= 0.3 is 0 Å². The van der Waals surface area contributed by atoms with Gasteiger partial charge in [0, 0.05) is 18.3 Å². The second-order valence-electron chi connectivity index (χ2n) is 4.33. The quantitative estimate of drug-likeness (QED) is 0.779. The Bertz CT molecular complexity index is 677. The fourth-order valence-corrected chi connectivity index (χ4v) is 2.51. The maximum Gasteiger partial charge on any atom is 0.277 e. The molecule has 0 saturated heterocycles. The zero-order valence-corrected chi connectivity index (χ0v) is 11.6. The van der Waals surface area contributed by atoms with Crippen molar-refractivity contribution >= 4 is 11.3 Å². The number of thiazole rings is 1. The number of hydrogen-bond donors (Lipinski definition) is 1. The van der Waals surface area contributed by atoms with E-state index in [0.29, 0.717) is 24.0 Å². The van der Waals surface area contributed by atoms with Crippen LogP contribution >= 0.6 is 11.3 Å². The minimum absolute atomic E-state index is 0.430. The third-order valence-corrected chi connectivity index (χ3v) is 3.76. The second-order valence-corrected chi connectivity index (χ2v) is 5.27. The summed E-state index contributed by atoms with van der Waals surface area (Å²) in [5.74, 6) is 1.16. The average molecular weight is 286 g/mol. The highest BCUT2D eigenvalue weighted by Crippen LogP contribution is 2.20. The Morgan fingerprint density at radius 3 is 2.70 bits per heavy atom. The van der Waals surface area contributed by atoms with Crippen LogP contribution in [0, 0.1) is 0 Å². The summed E-state index contributed by atoms with van der Waals surface area (Å²) in [5, 5.41) is 6.74. The maximum atomic E-state index is 5.54. The molecule has 3 aromatic rings. The van der Waals surface area contributed by atoms with Gasteiger partial charge in [0.2, 0.25) is 0 Å². The number of rotatable bonds is 5. The fraction of sp³-hybridized carbons (Fsp3) is 0.214. The third-order valence-electron chi connectivity index (χ3n) is 2.89. The van der Waals surface area contributed by atoms with Gasteiger partial charge in [-0.25, -0.2) is 4.98 Å². The fourth-order valence-electron chi connectivity index (χ4n) is 1.86. The van der Waals surface area contributed by atoms with Crippen molar-refractivity contribution in [1.82, 2.24) is 15.1 Å². The number of aryl methyl sites for hydroxylation is 2. The van der Waals surface area contributed by atoms with E-state index >= 15 is 0 Å². The van der Waals surface area contributed by atoms with Crippen molar-refractivity contribution in [3.05, 3.63) is 52.1 Å². The summed E-state index contributed by atoms with van der Waals surface area (Å²) < 4.78 is 5.24. The lowest BCUT2D eigenvalue weighted by Crippen LogP contribution is -1.95. The first kappa shape index (κ1) is 13.0. The Hall–Kier alpha value is -2.05. The largest absolute Gasteiger partial charge is 0.332 e. The van der Waals surface area contributed by atoms with Crippen LogP contribution in [-0.2, 0) is 19.4 Å². The topological polar surface area (TPSA) is 77.8 Å². The highest BCUT2D eigenvalue weighted by atomic mass is 32.1. The van der Waals surface area contributed by atoms with Gasteiger partial charge < -0.3 is 10.3 Å². The molecule has 0 saturated carbocycles. The maximum absolute atomic E-state index is 5.54. The first-order valence-electron chi connectivity index (χ1n) is 6.36. The van der Waals surface area contributed by atoms with Crippen LogP contribution in [0.2, 0.25) is 0 Å². The summed E-state index contributed by atoms with van der Waals surface area (Å²) in [6, 6.07) is 10.2. The molecular weight excluding hydrogens is 272 g/mol. The minimum Gasteiger partial charge on any atom is -0.332 e. The molecule has 0 bridgehead atoms. The SMILES string of the molecule is NCc1nc(-c2nc(CCc3ccccc3)no2)cs1. The van der Waals surface area contributed by atoms with Crippen LogP contribution in [0.1, 0.15) is 16.4 Å². The molecule has 0 aliphatic heterocycles. The van der Waals surface area contributed by atoms with E-state index in [1.165, 1.54) is 16.9 Å². The lowest BCUT2D eigenvalue weighted by atomic mass is 10.1. The van der Waals surface area contributed by atoms with Gasteiger partial charge in [-0.3, -0.25) is 0 Å². The van der Waals surface area contributed by atoms with Crippen molar-refractivity contribution in [2.75, 3.05) is 0 Å². The van der Waals surface area contributed by atoms with Gasteiger partial charge in [-0.15, -0.1) is 11.3 Å². The van der Waals surface area contributed by atoms with E-state index < -0.39 is 0 Å². The van der Waals surface area contributed by atoms with Gasteiger partial charge in [-0.2, -0.15) is 4.98 Å². The van der Waals surface area contributed by atoms with E-state index in [0.717, 1.165) is 17.8 Å². The highest BCUT2D eigenvalue weighted by molar-refractivity contribution is 7.09. The van der Waals surface area contributed by atoms with Crippen molar-refractivity contribution in [2.45, 2.75) is 19.4 Å². The molecule has 0 fully saturated rings. The van der Waals surface area contributed by atoms with Gasteiger partial charge in [0.25, 0.3) is 5.89 Å². The lowest BCUT2D eigenvalue weighted by molar-refractivity contribution is 0.421. The van der Waals surface area contributed by atoms with E-state index in [1.54, 1.807) is 0 Å². The second kappa shape index (κ2) is 5.94. The molecule has 5 nitrogen and oxygen atoms in total. The monoisotopic (exact) mass is 286 g/mol. The smallest absolute Gasteiger partial charge is 0.277 e. The predicted molar refractivity (Wildman–Crippen MR) is 77.1 cm³/mol. The normalized spacial score (nSPS) is 10.8. The summed E-state index contributed by atoms with van der Waals surface area (Å²) in [6.07, 6.45) is 1.65. The summed E-state index contributed by atoms with van der Waals surface area (Å²) in [5.41, 5.74) is 7.50. The average Bonchev–Trinajstić information content (AvgIpc) is 3.15. The summed E-state index contributed by atoms with van der Waals surface area (Å²) in [6.45, 7) is 0.430. The van der Waals surface area contributed by atoms with Gasteiger partial charge in [0.1, 0.15) is 10.7 Å². The molecule has 2 heterocycles. The van der Waals surface area contributed by atoms with Gasteiger partial charge in [0.15, 0.2) is 5.82 Å². The Labute approximate surface area is 120 Å². The highest BCUT2D eigenvalue weighted by Gasteiger charge is 2.12. The standard InChI is InChI=1S/C14H14N4OS/c15-8-13-16-11(9-20-13)14-17-12(18-19-14)7-6-10-4-2-1-3-5-10/h1-5,9H,6-8,15H2. The van der Waals surface area contributed by atoms with Gasteiger partial charge in [-0.1, -0.05) is 35.5 Å². The number of aromatic nitrogens is 3. The zero-order valence-electron chi connectivity index (χ0n) is 10.8. The summed E-state index contributed by atoms with van der Waals surface area (Å²) in [4.78, 5) is 8.70. The third kappa shape index (κ3) is 2.92. The Balaban J connectivity index is 1.67. The number of nitrogens with zero attached hydrogens (tertiary/aromatic N) is 3. The molecule has 1 aromatic carbocycles. The van der Waals surface area contributed by atoms with E-state index in [9.17, 15) is 0 Å². The molecule has 0 atom stereocenters. The number of nitrogens with two attached hydrogens (primary N) is 1. The van der Waals surface area contributed by atoms with Crippen molar-refractivity contribution in [3.63, 3.8) is 0 Å². The predicted octanol–water partition coefficient (Wildman–Crippen LogP) is 2.44. The molecular formula is C14H14N4OS. The van der Waals surface area contributed by atoms with Crippen LogP contribution in [0.5, 0.6) is 0 Å². The first-order chi connectivity index (χ1) is 9.85. The van der Waals surface area contributed by atoms with Crippen LogP contribution in [0.3, 0.4) is 0 Å². The molecule has 0 aliphatic rings. The van der Waals surface area contributed by atoms with Crippen LogP contribution in [-0.4, -0.2) is 15.1 Å². The van der Waals surface area contributed by atoms with E-state index in [2.05, 4.69) is 27.3 Å². The Morgan fingerprint density at radius 1 is 1.10 bits per heavy atom. The molecule has 102 valence electrons. The molecule has 2 aromatic heterocycles. The molecule has 2 N–H and O–H groups in total. The van der Waals surface area contributed by atoms with Crippen molar-refractivity contribution in [1.29, 1.82) is 0 Å². The van der Waals surface area contributed by atoms with E-state index in [-0.39, 0.29) is 0 Å². The van der Waals surface area contributed by atoms with Gasteiger partial charge in [0.05, 0.1) is 0 Å². The van der Waals surface area contributed by atoms with Crippen LogP contribution in [0.25, 0.3) is 11.6 Å². The molecule has 0 unspecified atom stereocenters. The summed E-state index contributed by atoms with van der Waals surface area (Å²) in [7, 11) is 0. The lowest BCUT2D eigenvalue weighted by Gasteiger charge is -1.96. The molecule has 0 spiro atoms. The Kier molecular flexibility index (Phi) is 3.85. The van der Waals surface area contributed by atoms with Gasteiger partial charge in [-0.05, 0) is 12.0 Å². The van der Waals surface area contributed by atoms with Crippen LogP contribution < -0.4 is 5.73 Å². The van der Waals surface area contributed by atoms with Crippen molar-refractivity contribution < 1.29 is 4.52 Å². The van der Waals surface area contributed by atoms with Crippen LogP contribution in [0.4, 0.5) is 0 Å². The van der Waals surface area contributed by atoms with Crippen molar-refractivity contribution in [2.24, 2.45) is 5.73 Å². The molecule has 20 heavy (non-hydrogen) atoms. The van der Waals surface area contributed by atoms with Crippen molar-refractivity contribution in [3.8, 4) is 11.6 Å². The molecule has 3 rings (SSSR count). The van der Waals surface area contributed by atoms with E-state index in [1.807, 2.05) is 23.6 Å². The zero-order chi connectivity index (χ0) is 13.8. The number of benzene rings is 1. The molecule has 0 aliphatic carbocycles.